The molecule has 1 saturated carbocycles. The first-order chi connectivity index (χ1) is 8.39. The van der Waals surface area contributed by atoms with Crippen LogP contribution in [0.15, 0.2) is 15.6 Å². The molecule has 2 N–H and O–H groups in total. The van der Waals surface area contributed by atoms with Crippen molar-refractivity contribution >= 4 is 26.0 Å². The number of aromatic nitrogens is 1. The number of primary sulfonamides is 1. The molecule has 1 aliphatic carbocycles. The Balaban J connectivity index is 2.25. The van der Waals surface area contributed by atoms with Gasteiger partial charge in [0.05, 0.1) is 0 Å². The Labute approximate surface area is 117 Å². The van der Waals surface area contributed by atoms with Crippen LogP contribution in [-0.2, 0) is 23.5 Å². The van der Waals surface area contributed by atoms with Crippen LogP contribution in [0.5, 0.6) is 0 Å². The molecule has 0 spiro atoms. The SMILES string of the molecule is Cn1c(S(N)(=O)=O)cc(Br)c1CC1CCCCC1. The highest BCUT2D eigenvalue weighted by atomic mass is 79.9. The lowest BCUT2D eigenvalue weighted by atomic mass is 9.86. The molecule has 0 unspecified atom stereocenters. The molecule has 102 valence electrons. The molecule has 1 fully saturated rings. The Morgan fingerprint density at radius 3 is 2.50 bits per heavy atom. The van der Waals surface area contributed by atoms with Gasteiger partial charge in [0.2, 0.25) is 0 Å². The Hall–Kier alpha value is -0.330. The van der Waals surface area contributed by atoms with E-state index in [2.05, 4.69) is 15.9 Å². The monoisotopic (exact) mass is 334 g/mol. The molecule has 1 aliphatic rings. The first-order valence-electron chi connectivity index (χ1n) is 6.26. The van der Waals surface area contributed by atoms with E-state index < -0.39 is 10.0 Å². The summed E-state index contributed by atoms with van der Waals surface area (Å²) in [5.41, 5.74) is 1.03. The van der Waals surface area contributed by atoms with E-state index in [1.165, 1.54) is 32.1 Å². The van der Waals surface area contributed by atoms with Crippen molar-refractivity contribution in [1.82, 2.24) is 4.57 Å². The normalized spacial score (nSPS) is 18.2. The van der Waals surface area contributed by atoms with E-state index in [0.29, 0.717) is 5.92 Å². The van der Waals surface area contributed by atoms with Crippen molar-refractivity contribution in [2.24, 2.45) is 18.1 Å². The van der Waals surface area contributed by atoms with Gasteiger partial charge in [0.25, 0.3) is 10.0 Å². The number of nitrogens with two attached hydrogens (primary N) is 1. The maximum absolute atomic E-state index is 11.4. The van der Waals surface area contributed by atoms with E-state index in [9.17, 15) is 8.42 Å². The minimum absolute atomic E-state index is 0.181. The summed E-state index contributed by atoms with van der Waals surface area (Å²) in [7, 11) is -1.88. The Morgan fingerprint density at radius 2 is 2.00 bits per heavy atom. The molecule has 2 rings (SSSR count). The van der Waals surface area contributed by atoms with Gasteiger partial charge in [-0.1, -0.05) is 32.1 Å². The predicted octanol–water partition coefficient (Wildman–Crippen LogP) is 2.56. The fourth-order valence-electron chi connectivity index (χ4n) is 2.75. The molecule has 0 aliphatic heterocycles. The van der Waals surface area contributed by atoms with E-state index in [4.69, 9.17) is 5.14 Å². The Kier molecular flexibility index (Phi) is 4.18. The Bertz CT molecular complexity index is 531. The minimum atomic E-state index is -3.64. The fraction of sp³-hybridized carbons (Fsp3) is 0.667. The smallest absolute Gasteiger partial charge is 0.253 e. The number of rotatable bonds is 3. The lowest BCUT2D eigenvalue weighted by Gasteiger charge is -2.22. The lowest BCUT2D eigenvalue weighted by Crippen LogP contribution is -2.18. The van der Waals surface area contributed by atoms with Crippen LogP contribution in [0.2, 0.25) is 0 Å². The van der Waals surface area contributed by atoms with Crippen LogP contribution in [0, 0.1) is 5.92 Å². The molecule has 0 saturated heterocycles. The molecule has 0 radical (unpaired) electrons. The van der Waals surface area contributed by atoms with Gasteiger partial charge in [-0.15, -0.1) is 0 Å². The largest absolute Gasteiger partial charge is 0.337 e. The average Bonchev–Trinajstić information content (AvgIpc) is 2.58. The van der Waals surface area contributed by atoms with E-state index in [1.54, 1.807) is 17.7 Å². The molecule has 0 bridgehead atoms. The molecule has 1 aromatic heterocycles. The molecule has 6 heteroatoms. The molecule has 1 heterocycles. The quantitative estimate of drug-likeness (QED) is 0.923. The molecular weight excluding hydrogens is 316 g/mol. The van der Waals surface area contributed by atoms with Gasteiger partial charge in [-0.3, -0.25) is 0 Å². The third-order valence-corrected chi connectivity index (χ3v) is 5.42. The third-order valence-electron chi connectivity index (χ3n) is 3.76. The van der Waals surface area contributed by atoms with Crippen molar-refractivity contribution in [3.05, 3.63) is 16.2 Å². The van der Waals surface area contributed by atoms with Crippen LogP contribution in [0.25, 0.3) is 0 Å². The molecule has 1 aromatic rings. The zero-order chi connectivity index (χ0) is 13.3. The predicted molar refractivity (Wildman–Crippen MR) is 74.8 cm³/mol. The van der Waals surface area contributed by atoms with Gasteiger partial charge < -0.3 is 4.57 Å². The standard InChI is InChI=1S/C12H19BrN2O2S/c1-15-11(7-9-5-3-2-4-6-9)10(13)8-12(15)18(14,16)17/h8-9H,2-7H2,1H3,(H2,14,16,17). The van der Waals surface area contributed by atoms with Gasteiger partial charge in [0.15, 0.2) is 5.03 Å². The van der Waals surface area contributed by atoms with E-state index >= 15 is 0 Å². The van der Waals surface area contributed by atoms with Crippen LogP contribution in [0.4, 0.5) is 0 Å². The van der Waals surface area contributed by atoms with Crippen molar-refractivity contribution in [2.45, 2.75) is 43.6 Å². The summed E-state index contributed by atoms with van der Waals surface area (Å²) < 4.78 is 25.4. The lowest BCUT2D eigenvalue weighted by molar-refractivity contribution is 0.350. The van der Waals surface area contributed by atoms with Crippen LogP contribution >= 0.6 is 15.9 Å². The second-order valence-corrected chi connectivity index (χ2v) is 7.45. The summed E-state index contributed by atoms with van der Waals surface area (Å²) in [5.74, 6) is 0.664. The Morgan fingerprint density at radius 1 is 1.39 bits per heavy atom. The second-order valence-electron chi connectivity index (χ2n) is 5.09. The first-order valence-corrected chi connectivity index (χ1v) is 8.60. The topological polar surface area (TPSA) is 65.1 Å². The number of hydrogen-bond acceptors (Lipinski definition) is 2. The summed E-state index contributed by atoms with van der Waals surface area (Å²) in [6.45, 7) is 0. The summed E-state index contributed by atoms with van der Waals surface area (Å²) >= 11 is 3.45. The summed E-state index contributed by atoms with van der Waals surface area (Å²) in [5, 5.41) is 5.38. The molecule has 18 heavy (non-hydrogen) atoms. The minimum Gasteiger partial charge on any atom is -0.337 e. The summed E-state index contributed by atoms with van der Waals surface area (Å²) in [6, 6.07) is 1.60. The first kappa shape index (κ1) is 14.1. The summed E-state index contributed by atoms with van der Waals surface area (Å²) in [6.07, 6.45) is 7.30. The fourth-order valence-corrected chi connectivity index (χ4v) is 4.32. The van der Waals surface area contributed by atoms with Gasteiger partial charge in [-0.05, 0) is 34.3 Å². The second kappa shape index (κ2) is 5.35. The van der Waals surface area contributed by atoms with E-state index in [-0.39, 0.29) is 5.03 Å². The number of nitrogens with zero attached hydrogens (tertiary/aromatic N) is 1. The third kappa shape index (κ3) is 2.97. The van der Waals surface area contributed by atoms with Gasteiger partial charge in [-0.25, -0.2) is 13.6 Å². The highest BCUT2D eigenvalue weighted by Crippen LogP contribution is 2.31. The molecule has 0 amide bonds. The van der Waals surface area contributed by atoms with Crippen molar-refractivity contribution in [1.29, 1.82) is 0 Å². The molecule has 0 atom stereocenters. The molecule has 4 nitrogen and oxygen atoms in total. The van der Waals surface area contributed by atoms with Crippen LogP contribution < -0.4 is 5.14 Å². The zero-order valence-corrected chi connectivity index (χ0v) is 12.9. The number of halogens is 1. The number of hydrogen-bond donors (Lipinski definition) is 1. The van der Waals surface area contributed by atoms with Gasteiger partial charge in [-0.2, -0.15) is 0 Å². The van der Waals surface area contributed by atoms with Crippen molar-refractivity contribution in [2.75, 3.05) is 0 Å². The van der Waals surface area contributed by atoms with Crippen molar-refractivity contribution in [3.8, 4) is 0 Å². The highest BCUT2D eigenvalue weighted by molar-refractivity contribution is 9.10. The number of sulfonamides is 1. The molecule has 0 aromatic carbocycles. The zero-order valence-electron chi connectivity index (χ0n) is 10.5. The van der Waals surface area contributed by atoms with E-state index in [0.717, 1.165) is 16.6 Å². The maximum atomic E-state index is 11.4. The molecular formula is C12H19BrN2O2S. The van der Waals surface area contributed by atoms with Crippen molar-refractivity contribution in [3.63, 3.8) is 0 Å². The van der Waals surface area contributed by atoms with Crippen LogP contribution in [-0.4, -0.2) is 13.0 Å². The summed E-state index contributed by atoms with van der Waals surface area (Å²) in [4.78, 5) is 0. The maximum Gasteiger partial charge on any atom is 0.253 e. The highest BCUT2D eigenvalue weighted by Gasteiger charge is 2.22. The van der Waals surface area contributed by atoms with E-state index in [1.807, 2.05) is 0 Å². The van der Waals surface area contributed by atoms with Crippen LogP contribution in [0.3, 0.4) is 0 Å². The van der Waals surface area contributed by atoms with Gasteiger partial charge >= 0.3 is 0 Å². The van der Waals surface area contributed by atoms with Crippen molar-refractivity contribution < 1.29 is 8.42 Å². The van der Waals surface area contributed by atoms with Gasteiger partial charge in [0, 0.05) is 17.2 Å². The van der Waals surface area contributed by atoms with Crippen LogP contribution in [0.1, 0.15) is 37.8 Å². The van der Waals surface area contributed by atoms with Gasteiger partial charge in [0.1, 0.15) is 0 Å². The average molecular weight is 335 g/mol.